The summed E-state index contributed by atoms with van der Waals surface area (Å²) in [5.74, 6) is 0. The largest absolute Gasteiger partial charge is 0.395 e. The van der Waals surface area contributed by atoms with Gasteiger partial charge < -0.3 is 10.1 Å². The van der Waals surface area contributed by atoms with Crippen molar-refractivity contribution in [2.45, 2.75) is 24.0 Å². The van der Waals surface area contributed by atoms with E-state index < -0.39 is 0 Å². The Morgan fingerprint density at radius 1 is 1.40 bits per heavy atom. The second-order valence-electron chi connectivity index (χ2n) is 3.74. The molecule has 3 heteroatoms. The number of aromatic nitrogens is 1. The molecular formula is C12H15NOS. The summed E-state index contributed by atoms with van der Waals surface area (Å²) in [5, 5.41) is 10.6. The van der Waals surface area contributed by atoms with E-state index in [2.05, 4.69) is 24.0 Å². The average Bonchev–Trinajstić information content (AvgIpc) is 2.55. The Balaban J connectivity index is 2.45. The standard InChI is InChI=1S/C12H15NOS/c1-8(7-14)15-12-9(2)13-11-6-4-3-5-10(11)12/h3-6,8,13-14H,7H2,1-2H3. The molecule has 0 spiro atoms. The van der Waals surface area contributed by atoms with E-state index in [1.54, 1.807) is 11.8 Å². The minimum Gasteiger partial charge on any atom is -0.395 e. The van der Waals surface area contributed by atoms with E-state index in [9.17, 15) is 0 Å². The molecule has 0 bridgehead atoms. The number of thioether (sulfide) groups is 1. The third kappa shape index (κ3) is 2.03. The van der Waals surface area contributed by atoms with Gasteiger partial charge in [-0.3, -0.25) is 0 Å². The fraction of sp³-hybridized carbons (Fsp3) is 0.333. The van der Waals surface area contributed by atoms with E-state index in [-0.39, 0.29) is 11.9 Å². The highest BCUT2D eigenvalue weighted by atomic mass is 32.2. The zero-order valence-corrected chi connectivity index (χ0v) is 9.77. The van der Waals surface area contributed by atoms with Crippen LogP contribution in [0.3, 0.4) is 0 Å². The van der Waals surface area contributed by atoms with Crippen LogP contribution < -0.4 is 0 Å². The molecule has 2 aromatic rings. The van der Waals surface area contributed by atoms with Crippen LogP contribution in [0.4, 0.5) is 0 Å². The van der Waals surface area contributed by atoms with Crippen LogP contribution in [0.2, 0.25) is 0 Å². The van der Waals surface area contributed by atoms with Crippen molar-refractivity contribution in [1.29, 1.82) is 0 Å². The van der Waals surface area contributed by atoms with Crippen LogP contribution in [0.15, 0.2) is 29.2 Å². The summed E-state index contributed by atoms with van der Waals surface area (Å²) in [4.78, 5) is 4.61. The topological polar surface area (TPSA) is 36.0 Å². The molecule has 0 saturated carbocycles. The van der Waals surface area contributed by atoms with Crippen molar-refractivity contribution in [3.05, 3.63) is 30.0 Å². The quantitative estimate of drug-likeness (QED) is 0.782. The summed E-state index contributed by atoms with van der Waals surface area (Å²) in [6.45, 7) is 4.32. The summed E-state index contributed by atoms with van der Waals surface area (Å²) >= 11 is 1.73. The van der Waals surface area contributed by atoms with Gasteiger partial charge >= 0.3 is 0 Å². The van der Waals surface area contributed by atoms with Gasteiger partial charge in [0.1, 0.15) is 0 Å². The molecule has 2 N–H and O–H groups in total. The lowest BCUT2D eigenvalue weighted by molar-refractivity contribution is 0.300. The van der Waals surface area contributed by atoms with Crippen LogP contribution in [0, 0.1) is 6.92 Å². The van der Waals surface area contributed by atoms with Crippen LogP contribution in [0.25, 0.3) is 10.9 Å². The van der Waals surface area contributed by atoms with E-state index in [1.807, 2.05) is 19.1 Å². The van der Waals surface area contributed by atoms with Crippen molar-refractivity contribution in [1.82, 2.24) is 4.98 Å². The maximum absolute atomic E-state index is 9.07. The molecule has 2 rings (SSSR count). The van der Waals surface area contributed by atoms with Gasteiger partial charge in [-0.2, -0.15) is 0 Å². The minimum atomic E-state index is 0.212. The molecule has 0 amide bonds. The van der Waals surface area contributed by atoms with E-state index in [0.717, 1.165) is 0 Å². The van der Waals surface area contributed by atoms with Crippen molar-refractivity contribution in [2.75, 3.05) is 6.61 Å². The van der Waals surface area contributed by atoms with Gasteiger partial charge in [0.25, 0.3) is 0 Å². The van der Waals surface area contributed by atoms with Gasteiger partial charge in [-0.25, -0.2) is 0 Å². The number of H-pyrrole nitrogens is 1. The van der Waals surface area contributed by atoms with Gasteiger partial charge in [0.05, 0.1) is 6.61 Å². The molecule has 0 aliphatic carbocycles. The minimum absolute atomic E-state index is 0.212. The second-order valence-corrected chi connectivity index (χ2v) is 5.18. The van der Waals surface area contributed by atoms with Crippen molar-refractivity contribution in [3.63, 3.8) is 0 Å². The number of aryl methyl sites for hydroxylation is 1. The Morgan fingerprint density at radius 3 is 2.87 bits per heavy atom. The van der Waals surface area contributed by atoms with E-state index in [4.69, 9.17) is 5.11 Å². The zero-order chi connectivity index (χ0) is 10.8. The van der Waals surface area contributed by atoms with Gasteiger partial charge in [0.2, 0.25) is 0 Å². The fourth-order valence-corrected chi connectivity index (χ4v) is 2.65. The first-order valence-electron chi connectivity index (χ1n) is 5.07. The molecule has 15 heavy (non-hydrogen) atoms. The van der Waals surface area contributed by atoms with Crippen LogP contribution >= 0.6 is 11.8 Å². The van der Waals surface area contributed by atoms with Crippen molar-refractivity contribution in [3.8, 4) is 0 Å². The highest BCUT2D eigenvalue weighted by molar-refractivity contribution is 8.00. The summed E-state index contributed by atoms with van der Waals surface area (Å²) in [7, 11) is 0. The Hall–Kier alpha value is -0.930. The molecular weight excluding hydrogens is 206 g/mol. The Kier molecular flexibility index (Phi) is 3.03. The first kappa shape index (κ1) is 10.6. The molecule has 0 saturated heterocycles. The van der Waals surface area contributed by atoms with Gasteiger partial charge in [0.15, 0.2) is 0 Å². The SMILES string of the molecule is Cc1[nH]c2ccccc2c1SC(C)CO. The average molecular weight is 221 g/mol. The molecule has 0 radical (unpaired) electrons. The summed E-state index contributed by atoms with van der Waals surface area (Å²) < 4.78 is 0. The summed E-state index contributed by atoms with van der Waals surface area (Å²) in [6, 6.07) is 8.27. The first-order valence-corrected chi connectivity index (χ1v) is 5.95. The number of nitrogens with one attached hydrogen (secondary N) is 1. The van der Waals surface area contributed by atoms with Gasteiger partial charge in [-0.1, -0.05) is 25.1 Å². The Morgan fingerprint density at radius 2 is 2.13 bits per heavy atom. The smallest absolute Gasteiger partial charge is 0.0550 e. The number of aliphatic hydroxyl groups excluding tert-OH is 1. The fourth-order valence-electron chi connectivity index (χ4n) is 1.64. The third-order valence-electron chi connectivity index (χ3n) is 2.41. The maximum atomic E-state index is 9.07. The second kappa shape index (κ2) is 4.29. The van der Waals surface area contributed by atoms with Crippen LogP contribution in [-0.4, -0.2) is 21.9 Å². The molecule has 80 valence electrons. The zero-order valence-electron chi connectivity index (χ0n) is 8.95. The lowest BCUT2D eigenvalue weighted by atomic mass is 10.2. The molecule has 2 nitrogen and oxygen atoms in total. The molecule has 1 aromatic carbocycles. The van der Waals surface area contributed by atoms with Crippen LogP contribution in [0.5, 0.6) is 0 Å². The van der Waals surface area contributed by atoms with Crippen molar-refractivity contribution >= 4 is 22.7 Å². The maximum Gasteiger partial charge on any atom is 0.0550 e. The lowest BCUT2D eigenvalue weighted by Gasteiger charge is -2.07. The molecule has 1 aromatic heterocycles. The predicted molar refractivity (Wildman–Crippen MR) is 65.4 cm³/mol. The normalized spacial score (nSPS) is 13.3. The Bertz CT molecular complexity index is 464. The summed E-state index contributed by atoms with van der Waals surface area (Å²) in [6.07, 6.45) is 0. The number of aromatic amines is 1. The first-order chi connectivity index (χ1) is 7.22. The molecule has 1 unspecified atom stereocenters. The molecule has 0 aliphatic rings. The van der Waals surface area contributed by atoms with Crippen LogP contribution in [0.1, 0.15) is 12.6 Å². The highest BCUT2D eigenvalue weighted by Crippen LogP contribution is 2.33. The van der Waals surface area contributed by atoms with Crippen molar-refractivity contribution < 1.29 is 5.11 Å². The number of rotatable bonds is 3. The monoisotopic (exact) mass is 221 g/mol. The van der Waals surface area contributed by atoms with E-state index in [1.165, 1.54) is 21.5 Å². The molecule has 1 atom stereocenters. The number of hydrogen-bond donors (Lipinski definition) is 2. The molecule has 0 fully saturated rings. The van der Waals surface area contributed by atoms with Gasteiger partial charge in [-0.05, 0) is 13.0 Å². The molecule has 0 aliphatic heterocycles. The number of aliphatic hydroxyl groups is 1. The van der Waals surface area contributed by atoms with E-state index in [0.29, 0.717) is 0 Å². The molecule has 1 heterocycles. The highest BCUT2D eigenvalue weighted by Gasteiger charge is 2.11. The Labute approximate surface area is 93.7 Å². The number of fused-ring (bicyclic) bond motifs is 1. The number of hydrogen-bond acceptors (Lipinski definition) is 2. The van der Waals surface area contributed by atoms with Crippen molar-refractivity contribution in [2.24, 2.45) is 0 Å². The van der Waals surface area contributed by atoms with E-state index >= 15 is 0 Å². The number of para-hydroxylation sites is 1. The lowest BCUT2D eigenvalue weighted by Crippen LogP contribution is -2.01. The predicted octanol–water partition coefficient (Wildman–Crippen LogP) is 2.95. The van der Waals surface area contributed by atoms with Gasteiger partial charge in [-0.15, -0.1) is 11.8 Å². The third-order valence-corrected chi connectivity index (χ3v) is 3.72. The van der Waals surface area contributed by atoms with Gasteiger partial charge in [0, 0.05) is 26.7 Å². The summed E-state index contributed by atoms with van der Waals surface area (Å²) in [5.41, 5.74) is 2.35. The van der Waals surface area contributed by atoms with Crippen LogP contribution in [-0.2, 0) is 0 Å². The number of benzene rings is 1.